The van der Waals surface area contributed by atoms with E-state index in [1.807, 2.05) is 30.3 Å². The quantitative estimate of drug-likeness (QED) is 0.708. The Morgan fingerprint density at radius 1 is 1.11 bits per heavy atom. The van der Waals surface area contributed by atoms with E-state index in [0.717, 1.165) is 17.7 Å². The van der Waals surface area contributed by atoms with Crippen molar-refractivity contribution < 1.29 is 19.8 Å². The van der Waals surface area contributed by atoms with E-state index >= 15 is 0 Å². The lowest BCUT2D eigenvalue weighted by Crippen LogP contribution is -1.96. The van der Waals surface area contributed by atoms with Crippen LogP contribution in [-0.2, 0) is 9.59 Å². The molecule has 1 aromatic rings. The minimum absolute atomic E-state index is 0.313. The predicted molar refractivity (Wildman–Crippen MR) is 68.7 cm³/mol. The SMILES string of the molecule is CC(N)=CC(=O)O.O=C(O)C=Cc1ccccc1. The van der Waals surface area contributed by atoms with Gasteiger partial charge in [0.05, 0.1) is 0 Å². The molecule has 0 aliphatic carbocycles. The first-order chi connectivity index (χ1) is 8.41. The molecule has 0 radical (unpaired) electrons. The smallest absolute Gasteiger partial charge is 0.330 e. The first-order valence-corrected chi connectivity index (χ1v) is 5.04. The lowest BCUT2D eigenvalue weighted by molar-refractivity contribution is -0.132. The van der Waals surface area contributed by atoms with Crippen LogP contribution in [0.3, 0.4) is 0 Å². The van der Waals surface area contributed by atoms with Crippen molar-refractivity contribution in [2.75, 3.05) is 0 Å². The van der Waals surface area contributed by atoms with Gasteiger partial charge in [-0.3, -0.25) is 0 Å². The van der Waals surface area contributed by atoms with Crippen molar-refractivity contribution in [2.24, 2.45) is 5.73 Å². The Hall–Kier alpha value is -2.56. The van der Waals surface area contributed by atoms with Crippen molar-refractivity contribution in [3.05, 3.63) is 53.7 Å². The van der Waals surface area contributed by atoms with Gasteiger partial charge in [0.25, 0.3) is 0 Å². The number of hydrogen-bond acceptors (Lipinski definition) is 3. The zero-order chi connectivity index (χ0) is 14.0. The van der Waals surface area contributed by atoms with Gasteiger partial charge in [-0.05, 0) is 18.6 Å². The molecular weight excluding hydrogens is 234 g/mol. The highest BCUT2D eigenvalue weighted by Gasteiger charge is 1.86. The van der Waals surface area contributed by atoms with E-state index in [1.54, 1.807) is 6.08 Å². The van der Waals surface area contributed by atoms with E-state index < -0.39 is 11.9 Å². The van der Waals surface area contributed by atoms with Crippen LogP contribution in [0.5, 0.6) is 0 Å². The topological polar surface area (TPSA) is 101 Å². The Balaban J connectivity index is 0.000000360. The van der Waals surface area contributed by atoms with Crippen molar-refractivity contribution in [1.82, 2.24) is 0 Å². The number of aliphatic carboxylic acids is 2. The lowest BCUT2D eigenvalue weighted by Gasteiger charge is -1.87. The molecule has 1 aromatic carbocycles. The summed E-state index contributed by atoms with van der Waals surface area (Å²) < 4.78 is 0. The summed E-state index contributed by atoms with van der Waals surface area (Å²) in [4.78, 5) is 19.7. The van der Waals surface area contributed by atoms with Crippen LogP contribution < -0.4 is 5.73 Å². The summed E-state index contributed by atoms with van der Waals surface area (Å²) in [7, 11) is 0. The third kappa shape index (κ3) is 9.97. The fourth-order valence-electron chi connectivity index (χ4n) is 0.926. The van der Waals surface area contributed by atoms with Crippen molar-refractivity contribution in [3.8, 4) is 0 Å². The van der Waals surface area contributed by atoms with E-state index in [0.29, 0.717) is 5.70 Å². The van der Waals surface area contributed by atoms with Crippen molar-refractivity contribution in [1.29, 1.82) is 0 Å². The molecule has 0 aliphatic rings. The van der Waals surface area contributed by atoms with Crippen LogP contribution in [0, 0.1) is 0 Å². The van der Waals surface area contributed by atoms with Gasteiger partial charge in [0, 0.05) is 17.8 Å². The summed E-state index contributed by atoms with van der Waals surface area (Å²) in [6.07, 6.45) is 3.62. The molecule has 0 atom stereocenters. The average Bonchev–Trinajstić information content (AvgIpc) is 2.26. The maximum absolute atomic E-state index is 10.1. The summed E-state index contributed by atoms with van der Waals surface area (Å²) in [5, 5.41) is 16.2. The van der Waals surface area contributed by atoms with E-state index in [-0.39, 0.29) is 0 Å². The fraction of sp³-hybridized carbons (Fsp3) is 0.0769. The van der Waals surface area contributed by atoms with Gasteiger partial charge >= 0.3 is 11.9 Å². The van der Waals surface area contributed by atoms with Crippen molar-refractivity contribution in [3.63, 3.8) is 0 Å². The number of allylic oxidation sites excluding steroid dienone is 1. The van der Waals surface area contributed by atoms with Crippen molar-refractivity contribution >= 4 is 18.0 Å². The normalized spacial score (nSPS) is 10.6. The number of nitrogens with two attached hydrogens (primary N) is 1. The van der Waals surface area contributed by atoms with Crippen LogP contribution in [0.1, 0.15) is 12.5 Å². The van der Waals surface area contributed by atoms with E-state index in [2.05, 4.69) is 0 Å². The van der Waals surface area contributed by atoms with Gasteiger partial charge in [-0.2, -0.15) is 0 Å². The second-order valence-electron chi connectivity index (χ2n) is 3.31. The fourth-order valence-corrected chi connectivity index (χ4v) is 0.926. The number of hydrogen-bond donors (Lipinski definition) is 3. The van der Waals surface area contributed by atoms with Gasteiger partial charge in [0.15, 0.2) is 0 Å². The van der Waals surface area contributed by atoms with Crippen LogP contribution in [0.2, 0.25) is 0 Å². The number of carboxylic acid groups (broad SMARTS) is 2. The largest absolute Gasteiger partial charge is 0.478 e. The molecule has 0 spiro atoms. The molecule has 96 valence electrons. The highest BCUT2D eigenvalue weighted by atomic mass is 16.4. The molecule has 5 heteroatoms. The molecule has 0 fully saturated rings. The van der Waals surface area contributed by atoms with Crippen LogP contribution in [0.4, 0.5) is 0 Å². The second kappa shape index (κ2) is 8.58. The maximum atomic E-state index is 10.1. The summed E-state index contributed by atoms with van der Waals surface area (Å²) in [5.74, 6) is -1.92. The number of benzene rings is 1. The molecule has 0 aliphatic heterocycles. The Labute approximate surface area is 105 Å². The monoisotopic (exact) mass is 249 g/mol. The van der Waals surface area contributed by atoms with Crippen LogP contribution >= 0.6 is 0 Å². The summed E-state index contributed by atoms with van der Waals surface area (Å²) in [6.45, 7) is 1.52. The molecule has 0 aromatic heterocycles. The first-order valence-electron chi connectivity index (χ1n) is 5.04. The molecular formula is C13H15NO4. The van der Waals surface area contributed by atoms with Gasteiger partial charge in [-0.25, -0.2) is 9.59 Å². The van der Waals surface area contributed by atoms with Gasteiger partial charge in [-0.1, -0.05) is 30.3 Å². The van der Waals surface area contributed by atoms with E-state index in [1.165, 1.54) is 6.92 Å². The number of carbonyl (C=O) groups is 2. The van der Waals surface area contributed by atoms with Crippen LogP contribution in [0.25, 0.3) is 6.08 Å². The van der Waals surface area contributed by atoms with Crippen molar-refractivity contribution in [2.45, 2.75) is 6.92 Å². The molecule has 0 unspecified atom stereocenters. The first kappa shape index (κ1) is 15.4. The van der Waals surface area contributed by atoms with Crippen LogP contribution in [-0.4, -0.2) is 22.2 Å². The summed E-state index contributed by atoms with van der Waals surface area (Å²) in [6, 6.07) is 9.31. The lowest BCUT2D eigenvalue weighted by atomic mass is 10.2. The minimum atomic E-state index is -1.000. The van der Waals surface area contributed by atoms with E-state index in [9.17, 15) is 9.59 Å². The molecule has 18 heavy (non-hydrogen) atoms. The highest BCUT2D eigenvalue weighted by Crippen LogP contribution is 1.99. The Bertz CT molecular complexity index is 445. The molecule has 0 saturated heterocycles. The van der Waals surface area contributed by atoms with Gasteiger partial charge < -0.3 is 15.9 Å². The summed E-state index contributed by atoms with van der Waals surface area (Å²) in [5.41, 5.74) is 6.18. The molecule has 0 saturated carbocycles. The molecule has 0 amide bonds. The molecule has 1 rings (SSSR count). The van der Waals surface area contributed by atoms with Gasteiger partial charge in [0.2, 0.25) is 0 Å². The maximum Gasteiger partial charge on any atom is 0.330 e. The van der Waals surface area contributed by atoms with Gasteiger partial charge in [0.1, 0.15) is 0 Å². The number of rotatable bonds is 3. The minimum Gasteiger partial charge on any atom is -0.478 e. The molecule has 5 nitrogen and oxygen atoms in total. The average molecular weight is 249 g/mol. The zero-order valence-electron chi connectivity index (χ0n) is 9.91. The number of carboxylic acids is 2. The molecule has 0 heterocycles. The molecule has 0 bridgehead atoms. The zero-order valence-corrected chi connectivity index (χ0v) is 9.91. The highest BCUT2D eigenvalue weighted by molar-refractivity contribution is 5.85. The second-order valence-corrected chi connectivity index (χ2v) is 3.31. The Kier molecular flexibility index (Phi) is 7.36. The standard InChI is InChI=1S/C9H8O2.C4H7NO2/c10-9(11)7-6-8-4-2-1-3-5-8;1-3(5)2-4(6)7/h1-7H,(H,10,11);2H,5H2,1H3,(H,6,7). The molecule has 4 N–H and O–H groups in total. The van der Waals surface area contributed by atoms with Crippen LogP contribution in [0.15, 0.2) is 48.2 Å². The van der Waals surface area contributed by atoms with Gasteiger partial charge in [-0.15, -0.1) is 0 Å². The third-order valence-electron chi connectivity index (χ3n) is 1.57. The predicted octanol–water partition coefficient (Wildman–Crippen LogP) is 1.72. The third-order valence-corrected chi connectivity index (χ3v) is 1.57. The van der Waals surface area contributed by atoms with E-state index in [4.69, 9.17) is 15.9 Å². The summed E-state index contributed by atoms with van der Waals surface area (Å²) >= 11 is 0. The Morgan fingerprint density at radius 2 is 1.67 bits per heavy atom. The Morgan fingerprint density at radius 3 is 2.00 bits per heavy atom.